The molecule has 0 bridgehead atoms. The Hall–Kier alpha value is -1.17. The lowest BCUT2D eigenvalue weighted by Gasteiger charge is -2.03. The van der Waals surface area contributed by atoms with Gasteiger partial charge in [-0.15, -0.1) is 17.5 Å². The molecule has 0 heterocycles. The molecule has 0 aliphatic heterocycles. The first-order chi connectivity index (χ1) is 6.20. The molecule has 0 spiro atoms. The van der Waals surface area contributed by atoms with Gasteiger partial charge in [0, 0.05) is 13.0 Å². The Labute approximate surface area is 89.5 Å². The fraction of sp³-hybridized carbons (Fsp3) is 0.714. The molecule has 0 atom stereocenters. The number of hydrogen-bond acceptors (Lipinski definition) is 4. The van der Waals surface area contributed by atoms with Crippen molar-refractivity contribution in [2.45, 2.75) is 19.3 Å². The number of nitrogens with one attached hydrogen (secondary N) is 1. The highest BCUT2D eigenvalue weighted by molar-refractivity contribution is 5.85. The van der Waals surface area contributed by atoms with E-state index >= 15 is 0 Å². The predicted octanol–water partition coefficient (Wildman–Crippen LogP) is -0.470. The van der Waals surface area contributed by atoms with Crippen LogP contribution < -0.4 is 16.9 Å². The summed E-state index contributed by atoms with van der Waals surface area (Å²) in [5.41, 5.74) is 5.26. The number of hydrazone groups is 1. The Bertz CT molecular complexity index is 187. The van der Waals surface area contributed by atoms with Crippen molar-refractivity contribution < 1.29 is 9.53 Å². The van der Waals surface area contributed by atoms with E-state index in [1.54, 1.807) is 0 Å². The summed E-state index contributed by atoms with van der Waals surface area (Å²) in [4.78, 5) is 10.7. The van der Waals surface area contributed by atoms with Crippen molar-refractivity contribution in [1.82, 2.24) is 5.32 Å². The molecule has 0 aromatic heterocycles. The minimum Gasteiger partial charge on any atom is -0.469 e. The second-order valence-electron chi connectivity index (χ2n) is 2.47. The normalized spacial score (nSPS) is 10.2. The van der Waals surface area contributed by atoms with Crippen LogP contribution in [0.2, 0.25) is 0 Å². The van der Waals surface area contributed by atoms with Gasteiger partial charge in [-0.05, 0) is 12.8 Å². The van der Waals surface area contributed by atoms with Gasteiger partial charge >= 0.3 is 5.97 Å². The van der Waals surface area contributed by atoms with E-state index in [1.165, 1.54) is 7.11 Å². The van der Waals surface area contributed by atoms with Gasteiger partial charge in [-0.3, -0.25) is 4.79 Å². The summed E-state index contributed by atoms with van der Waals surface area (Å²) in [6.07, 6.45) is 2.01. The van der Waals surface area contributed by atoms with Crippen molar-refractivity contribution in [1.29, 1.82) is 0 Å². The van der Waals surface area contributed by atoms with Gasteiger partial charge in [0.25, 0.3) is 0 Å². The van der Waals surface area contributed by atoms with Gasteiger partial charge in [-0.1, -0.05) is 0 Å². The number of ether oxygens (including phenoxy) is 1. The fourth-order valence-corrected chi connectivity index (χ4v) is 0.759. The fourth-order valence-electron chi connectivity index (χ4n) is 0.759. The average Bonchev–Trinajstić information content (AvgIpc) is 2.16. The summed E-state index contributed by atoms with van der Waals surface area (Å²) >= 11 is 0. The molecule has 0 amide bonds. The van der Waals surface area contributed by atoms with E-state index in [0.717, 1.165) is 12.8 Å². The molecule has 0 radical (unpaired) electrons. The standard InChI is InChI=1S/C7H16N4O2.ClH/c1-13-6(12)4-2-3-5-10-7(8)11-9;/h2-5,9H2,1H3,(H3,8,10,11);1H. The molecule has 0 rings (SSSR count). The van der Waals surface area contributed by atoms with Crippen molar-refractivity contribution >= 4 is 24.3 Å². The molecule has 0 saturated carbocycles. The lowest BCUT2D eigenvalue weighted by atomic mass is 10.2. The highest BCUT2D eigenvalue weighted by atomic mass is 35.5. The minimum absolute atomic E-state index is 0. The smallest absolute Gasteiger partial charge is 0.305 e. The van der Waals surface area contributed by atoms with E-state index in [-0.39, 0.29) is 24.3 Å². The minimum atomic E-state index is -0.194. The molecule has 7 heteroatoms. The van der Waals surface area contributed by atoms with Gasteiger partial charge in [0.1, 0.15) is 0 Å². The third kappa shape index (κ3) is 8.92. The Kier molecular flexibility index (Phi) is 10.8. The molecule has 5 N–H and O–H groups in total. The van der Waals surface area contributed by atoms with Crippen molar-refractivity contribution in [3.05, 3.63) is 0 Å². The lowest BCUT2D eigenvalue weighted by Crippen LogP contribution is -2.33. The zero-order chi connectivity index (χ0) is 10.1. The van der Waals surface area contributed by atoms with E-state index in [4.69, 9.17) is 11.6 Å². The van der Waals surface area contributed by atoms with Gasteiger partial charge < -0.3 is 21.6 Å². The van der Waals surface area contributed by atoms with Gasteiger partial charge in [0.05, 0.1) is 7.11 Å². The molecule has 0 fully saturated rings. The van der Waals surface area contributed by atoms with Crippen LogP contribution >= 0.6 is 12.4 Å². The molecule has 6 nitrogen and oxygen atoms in total. The van der Waals surface area contributed by atoms with Crippen molar-refractivity contribution in [2.24, 2.45) is 16.7 Å². The van der Waals surface area contributed by atoms with Crippen molar-refractivity contribution in [3.63, 3.8) is 0 Å². The summed E-state index contributed by atoms with van der Waals surface area (Å²) in [7, 11) is 1.37. The summed E-state index contributed by atoms with van der Waals surface area (Å²) in [6.45, 7) is 0.656. The maximum Gasteiger partial charge on any atom is 0.305 e. The van der Waals surface area contributed by atoms with Crippen LogP contribution in [0.3, 0.4) is 0 Å². The molecule has 0 saturated heterocycles. The molecule has 0 aliphatic carbocycles. The predicted molar refractivity (Wildman–Crippen MR) is 56.9 cm³/mol. The summed E-state index contributed by atoms with van der Waals surface area (Å²) in [5, 5.41) is 6.00. The van der Waals surface area contributed by atoms with Crippen LogP contribution in [0.4, 0.5) is 0 Å². The van der Waals surface area contributed by atoms with Crippen LogP contribution in [0.15, 0.2) is 5.10 Å². The Balaban J connectivity index is 0. The second kappa shape index (κ2) is 9.91. The lowest BCUT2D eigenvalue weighted by molar-refractivity contribution is -0.140. The van der Waals surface area contributed by atoms with E-state index in [0.29, 0.717) is 13.0 Å². The summed E-state index contributed by atoms with van der Waals surface area (Å²) < 4.78 is 4.47. The zero-order valence-electron chi connectivity index (χ0n) is 8.16. The number of methoxy groups -OCH3 is 1. The van der Waals surface area contributed by atoms with Crippen LogP contribution in [-0.4, -0.2) is 25.6 Å². The van der Waals surface area contributed by atoms with E-state index in [9.17, 15) is 4.79 Å². The van der Waals surface area contributed by atoms with Crippen LogP contribution in [0.25, 0.3) is 0 Å². The van der Waals surface area contributed by atoms with Crippen LogP contribution in [0.5, 0.6) is 0 Å². The zero-order valence-corrected chi connectivity index (χ0v) is 8.97. The maximum atomic E-state index is 10.7. The number of carbonyl (C=O) groups excluding carboxylic acids is 1. The van der Waals surface area contributed by atoms with Gasteiger partial charge in [0.2, 0.25) is 5.96 Å². The number of rotatable bonds is 5. The number of carbonyl (C=O) groups is 1. The monoisotopic (exact) mass is 224 g/mol. The third-order valence-electron chi connectivity index (χ3n) is 1.48. The first-order valence-corrected chi connectivity index (χ1v) is 4.04. The number of halogens is 1. The first kappa shape index (κ1) is 15.3. The van der Waals surface area contributed by atoms with Gasteiger partial charge in [-0.2, -0.15) is 0 Å². The summed E-state index contributed by atoms with van der Waals surface area (Å²) in [6, 6.07) is 0. The molecule has 0 unspecified atom stereocenters. The molecular weight excluding hydrogens is 208 g/mol. The highest BCUT2D eigenvalue weighted by Crippen LogP contribution is 1.95. The summed E-state index contributed by atoms with van der Waals surface area (Å²) in [5.74, 6) is 4.90. The Morgan fingerprint density at radius 1 is 1.50 bits per heavy atom. The van der Waals surface area contributed by atoms with E-state index in [2.05, 4.69) is 15.2 Å². The van der Waals surface area contributed by atoms with Crippen molar-refractivity contribution in [2.75, 3.05) is 13.7 Å². The molecule has 0 aromatic carbocycles. The largest absolute Gasteiger partial charge is 0.469 e. The number of unbranched alkanes of at least 4 members (excludes halogenated alkanes) is 1. The van der Waals surface area contributed by atoms with Gasteiger partial charge in [-0.25, -0.2) is 0 Å². The maximum absolute atomic E-state index is 10.7. The van der Waals surface area contributed by atoms with Crippen molar-refractivity contribution in [3.8, 4) is 0 Å². The molecule has 84 valence electrons. The SMILES string of the molecule is COC(=O)CCCCNC(N)=NN.Cl. The highest BCUT2D eigenvalue weighted by Gasteiger charge is 1.98. The second-order valence-corrected chi connectivity index (χ2v) is 2.47. The number of nitrogens with zero attached hydrogens (tertiary/aromatic N) is 1. The Morgan fingerprint density at radius 3 is 2.64 bits per heavy atom. The molecule has 0 aliphatic rings. The van der Waals surface area contributed by atoms with Crippen LogP contribution in [0.1, 0.15) is 19.3 Å². The van der Waals surface area contributed by atoms with E-state index < -0.39 is 0 Å². The van der Waals surface area contributed by atoms with Gasteiger partial charge in [0.15, 0.2) is 0 Å². The molecular formula is C7H17ClN4O2. The molecule has 14 heavy (non-hydrogen) atoms. The van der Waals surface area contributed by atoms with E-state index in [1.807, 2.05) is 0 Å². The van der Waals surface area contributed by atoms with Crippen LogP contribution in [-0.2, 0) is 9.53 Å². The molecule has 0 aromatic rings. The quantitative estimate of drug-likeness (QED) is 0.146. The van der Waals surface area contributed by atoms with Crippen LogP contribution in [0, 0.1) is 0 Å². The number of esters is 1. The topological polar surface area (TPSA) is 103 Å². The number of guanidine groups is 1. The average molecular weight is 225 g/mol. The third-order valence-corrected chi connectivity index (χ3v) is 1.48. The Morgan fingerprint density at radius 2 is 2.14 bits per heavy atom. The first-order valence-electron chi connectivity index (χ1n) is 4.04. The number of nitrogens with two attached hydrogens (primary N) is 2. The number of hydrogen-bond donors (Lipinski definition) is 3.